The molecule has 0 spiro atoms. The molecule has 0 aliphatic carbocycles. The number of rotatable bonds is 15. The second-order valence-corrected chi connectivity index (χ2v) is 14.6. The molecule has 1 aromatic heterocycles. The molecule has 46 heavy (non-hydrogen) atoms. The predicted octanol–water partition coefficient (Wildman–Crippen LogP) is 4.97. The van der Waals surface area contributed by atoms with E-state index in [1.165, 1.54) is 34.0 Å². The summed E-state index contributed by atoms with van der Waals surface area (Å²) in [5, 5.41) is 16.3. The first kappa shape index (κ1) is 41.7. The van der Waals surface area contributed by atoms with Gasteiger partial charge >= 0.3 is 263 Å². The average molecular weight is 807 g/mol. The molecular formula is C33H43Cl2N3O6Se2. The maximum Gasteiger partial charge on any atom is 0.304 e. The second-order valence-electron chi connectivity index (χ2n) is 10.2. The van der Waals surface area contributed by atoms with Gasteiger partial charge in [0.1, 0.15) is 0 Å². The first-order valence-electron chi connectivity index (χ1n) is 14.8. The van der Waals surface area contributed by atoms with Gasteiger partial charge in [-0.1, -0.05) is 0 Å². The number of esters is 2. The fourth-order valence-electron chi connectivity index (χ4n) is 3.82. The van der Waals surface area contributed by atoms with E-state index < -0.39 is 5.97 Å². The molecule has 3 rings (SSSR count). The van der Waals surface area contributed by atoms with Crippen LogP contribution in [-0.4, -0.2) is 86.0 Å². The van der Waals surface area contributed by atoms with Crippen LogP contribution in [0.15, 0.2) is 36.4 Å². The second kappa shape index (κ2) is 23.9. The van der Waals surface area contributed by atoms with Gasteiger partial charge in [0.25, 0.3) is 0 Å². The van der Waals surface area contributed by atoms with E-state index in [1.807, 2.05) is 38.1 Å². The number of carbonyl (C=O) groups excluding carboxylic acids is 2. The SMILES string of the molecule is CC(=O)Oc1cc(CCCC(=[Se])CN)ccc1C.CC(=O)Oc1cc(CCCc2nnc(CCCl)[se]2)ccc1C.O=C(O)CCCl. The van der Waals surface area contributed by atoms with Crippen LogP contribution < -0.4 is 15.2 Å². The van der Waals surface area contributed by atoms with Crippen LogP contribution in [0.2, 0.25) is 0 Å². The van der Waals surface area contributed by atoms with Gasteiger partial charge in [0.05, 0.1) is 6.42 Å². The Kier molecular flexibility index (Phi) is 21.6. The van der Waals surface area contributed by atoms with E-state index in [1.54, 1.807) is 0 Å². The van der Waals surface area contributed by atoms with E-state index >= 15 is 0 Å². The topological polar surface area (TPSA) is 142 Å². The number of aliphatic carboxylic acids is 1. The molecule has 9 nitrogen and oxygen atoms in total. The number of aryl methyl sites for hydroxylation is 6. The molecule has 0 amide bonds. The van der Waals surface area contributed by atoms with Crippen LogP contribution in [0, 0.1) is 13.8 Å². The zero-order valence-corrected chi connectivity index (χ0v) is 31.7. The molecule has 252 valence electrons. The van der Waals surface area contributed by atoms with Crippen LogP contribution in [0.3, 0.4) is 0 Å². The van der Waals surface area contributed by atoms with E-state index in [0.29, 0.717) is 23.9 Å². The molecule has 0 fully saturated rings. The molecule has 0 unspecified atom stereocenters. The van der Waals surface area contributed by atoms with Crippen LogP contribution in [0.5, 0.6) is 11.5 Å². The number of benzene rings is 2. The number of aromatic nitrogens is 2. The molecule has 3 N–H and O–H groups in total. The molecule has 0 bridgehead atoms. The first-order valence-corrected chi connectivity index (χ1v) is 18.4. The summed E-state index contributed by atoms with van der Waals surface area (Å²) in [6, 6.07) is 12.0. The molecule has 1 heterocycles. The summed E-state index contributed by atoms with van der Waals surface area (Å²) in [5.41, 5.74) is 9.83. The largest absolute Gasteiger partial charge is 0.481 e. The van der Waals surface area contributed by atoms with Crippen molar-refractivity contribution in [1.82, 2.24) is 10.2 Å². The third-order valence-electron chi connectivity index (χ3n) is 6.14. The van der Waals surface area contributed by atoms with Gasteiger partial charge in [-0.3, -0.25) is 4.79 Å². The number of halogens is 2. The molecule has 0 aliphatic heterocycles. The van der Waals surface area contributed by atoms with Crippen LogP contribution in [0.25, 0.3) is 0 Å². The molecule has 3 aromatic rings. The zero-order valence-electron chi connectivity index (χ0n) is 26.8. The Morgan fingerprint density at radius 1 is 0.804 bits per heavy atom. The molecule has 0 radical (unpaired) electrons. The Hall–Kier alpha value is -2.36. The van der Waals surface area contributed by atoms with Crippen molar-refractivity contribution >= 4 is 75.6 Å². The van der Waals surface area contributed by atoms with Gasteiger partial charge in [0.2, 0.25) is 0 Å². The number of nitrogens with two attached hydrogens (primary N) is 1. The van der Waals surface area contributed by atoms with Gasteiger partial charge in [-0.25, -0.2) is 0 Å². The van der Waals surface area contributed by atoms with E-state index in [9.17, 15) is 14.4 Å². The minimum atomic E-state index is -0.843. The molecular weight excluding hydrogens is 763 g/mol. The van der Waals surface area contributed by atoms with Crippen LogP contribution >= 0.6 is 23.2 Å². The first-order chi connectivity index (χ1) is 21.9. The van der Waals surface area contributed by atoms with Crippen molar-refractivity contribution in [2.24, 2.45) is 5.73 Å². The molecule has 0 aliphatic rings. The van der Waals surface area contributed by atoms with Gasteiger partial charge in [0.15, 0.2) is 0 Å². The van der Waals surface area contributed by atoms with Gasteiger partial charge in [-0.05, 0) is 0 Å². The number of carboxylic acid groups (broad SMARTS) is 1. The van der Waals surface area contributed by atoms with Gasteiger partial charge in [-0.2, -0.15) is 0 Å². The van der Waals surface area contributed by atoms with Crippen molar-refractivity contribution in [3.63, 3.8) is 0 Å². The number of ether oxygens (including phenoxy) is 2. The third-order valence-corrected chi connectivity index (χ3v) is 9.49. The molecule has 2 aromatic carbocycles. The summed E-state index contributed by atoms with van der Waals surface area (Å²) in [6.07, 6.45) is 6.82. The maximum atomic E-state index is 11.1. The van der Waals surface area contributed by atoms with Crippen molar-refractivity contribution in [3.05, 3.63) is 67.8 Å². The monoisotopic (exact) mass is 807 g/mol. The fourth-order valence-corrected chi connectivity index (χ4v) is 6.57. The fraction of sp³-hybridized carbons (Fsp3) is 0.455. The van der Waals surface area contributed by atoms with Crippen LogP contribution in [0.1, 0.15) is 70.9 Å². The summed E-state index contributed by atoms with van der Waals surface area (Å²) in [4.78, 5) is 31.6. The standard InChI is InChI=1S/C16H19ClN2O2Se.C14H19NO2Se.C3H5ClO2/c1-11-6-7-13(10-14(11)21-12(2)20)4-3-5-15-18-19-16(22-15)8-9-17;1-10-6-7-12(4-3-5-13(18)9-15)8-14(10)17-11(2)16;4-2-1-3(5)6/h6-7,10H,3-5,8-9H2,1-2H3;6-8H,3-5,9,15H2,1-2H3;1-2H2,(H,5,6). The van der Waals surface area contributed by atoms with Crippen molar-refractivity contribution in [3.8, 4) is 11.5 Å². The van der Waals surface area contributed by atoms with E-state index in [0.717, 1.165) is 60.6 Å². The van der Waals surface area contributed by atoms with Crippen LogP contribution in [0.4, 0.5) is 0 Å². The molecule has 13 heteroatoms. The van der Waals surface area contributed by atoms with Crippen molar-refractivity contribution in [2.75, 3.05) is 18.3 Å². The van der Waals surface area contributed by atoms with E-state index in [2.05, 4.69) is 37.9 Å². The summed E-state index contributed by atoms with van der Waals surface area (Å²) in [7, 11) is 0. The van der Waals surface area contributed by atoms with Gasteiger partial charge in [0, 0.05) is 5.88 Å². The van der Waals surface area contributed by atoms with Gasteiger partial charge < -0.3 is 5.11 Å². The van der Waals surface area contributed by atoms with Crippen LogP contribution in [-0.2, 0) is 40.1 Å². The van der Waals surface area contributed by atoms with Crippen molar-refractivity contribution in [1.29, 1.82) is 0 Å². The Bertz CT molecular complexity index is 1420. The minimum Gasteiger partial charge on any atom is -0.481 e. The van der Waals surface area contributed by atoms with Crippen molar-refractivity contribution in [2.45, 2.75) is 79.1 Å². The third kappa shape index (κ3) is 18.7. The predicted molar refractivity (Wildman–Crippen MR) is 186 cm³/mol. The smallest absolute Gasteiger partial charge is 0.304 e. The Morgan fingerprint density at radius 3 is 1.72 bits per heavy atom. The number of nitrogens with zero attached hydrogens (tertiary/aromatic N) is 2. The Morgan fingerprint density at radius 2 is 1.30 bits per heavy atom. The zero-order chi connectivity index (χ0) is 34.5. The number of alkyl halides is 2. The molecule has 0 saturated carbocycles. The quantitative estimate of drug-likeness (QED) is 0.0944. The number of carbonyl (C=O) groups is 3. The Balaban J connectivity index is 0.000000397. The Labute approximate surface area is 295 Å². The molecule has 0 atom stereocenters. The summed E-state index contributed by atoms with van der Waals surface area (Å²) in [5.74, 6) is 0.724. The van der Waals surface area contributed by atoms with Crippen molar-refractivity contribution < 1.29 is 29.0 Å². The summed E-state index contributed by atoms with van der Waals surface area (Å²) >= 11 is 14.0. The number of hydrogen-bond acceptors (Lipinski definition) is 8. The van der Waals surface area contributed by atoms with Gasteiger partial charge in [-0.15, -0.1) is 11.6 Å². The number of hydrogen-bond donors (Lipinski definition) is 2. The normalized spacial score (nSPS) is 10.2. The average Bonchev–Trinajstić information content (AvgIpc) is 3.43. The maximum absolute atomic E-state index is 11.1. The number of carboxylic acids is 1. The van der Waals surface area contributed by atoms with E-state index in [4.69, 9.17) is 43.5 Å². The van der Waals surface area contributed by atoms with E-state index in [-0.39, 0.29) is 38.7 Å². The minimum absolute atomic E-state index is 0.0571. The summed E-state index contributed by atoms with van der Waals surface area (Å²) in [6.45, 7) is 7.32. The summed E-state index contributed by atoms with van der Waals surface area (Å²) < 4.78 is 13.9. The molecule has 0 saturated heterocycles.